The maximum Gasteiger partial charge on any atom is 0.339 e. The van der Waals surface area contributed by atoms with E-state index in [1.165, 1.54) is 0 Å². The highest BCUT2D eigenvalue weighted by Gasteiger charge is 2.16. The van der Waals surface area contributed by atoms with E-state index in [1.807, 2.05) is 6.07 Å². The van der Waals surface area contributed by atoms with Crippen molar-refractivity contribution in [3.8, 4) is 0 Å². The van der Waals surface area contributed by atoms with Crippen LogP contribution in [0.2, 0.25) is 0 Å². The van der Waals surface area contributed by atoms with E-state index in [1.54, 1.807) is 29.1 Å². The van der Waals surface area contributed by atoms with E-state index in [2.05, 4.69) is 32.1 Å². The van der Waals surface area contributed by atoms with Gasteiger partial charge in [0, 0.05) is 50.5 Å². The van der Waals surface area contributed by atoms with Crippen molar-refractivity contribution in [1.29, 1.82) is 0 Å². The molecule has 4 rings (SSSR count). The third-order valence-corrected chi connectivity index (χ3v) is 5.16. The van der Waals surface area contributed by atoms with Gasteiger partial charge in [-0.3, -0.25) is 9.38 Å². The second-order valence-electron chi connectivity index (χ2n) is 7.01. The van der Waals surface area contributed by atoms with E-state index in [4.69, 9.17) is 0 Å². The molecule has 0 radical (unpaired) electrons. The van der Waals surface area contributed by atoms with Crippen molar-refractivity contribution >= 4 is 28.3 Å². The molecule has 3 aromatic heterocycles. The van der Waals surface area contributed by atoms with Crippen LogP contribution >= 0.6 is 0 Å². The normalized spacial score (nSPS) is 16.2. The van der Waals surface area contributed by atoms with Gasteiger partial charge in [-0.15, -0.1) is 0 Å². The molecule has 0 spiro atoms. The fourth-order valence-corrected chi connectivity index (χ4v) is 3.56. The number of pyridine rings is 1. The Balaban J connectivity index is 1.51. The van der Waals surface area contributed by atoms with Crippen molar-refractivity contribution in [2.24, 2.45) is 0 Å². The second-order valence-corrected chi connectivity index (χ2v) is 7.01. The number of carboxylic acid groups (broad SMARTS) is 1. The fraction of sp³-hybridized carbons (Fsp3) is 0.421. The summed E-state index contributed by atoms with van der Waals surface area (Å²) in [5, 5.41) is 13.8. The first kappa shape index (κ1) is 17.7. The molecule has 0 aromatic carbocycles. The highest BCUT2D eigenvalue weighted by Crippen LogP contribution is 2.24. The molecule has 0 unspecified atom stereocenters. The maximum atomic E-state index is 11.5. The molecular weight excluding hydrogens is 344 g/mol. The van der Waals surface area contributed by atoms with Gasteiger partial charge in [0.1, 0.15) is 11.4 Å². The minimum absolute atomic E-state index is 0.196. The van der Waals surface area contributed by atoms with Gasteiger partial charge < -0.3 is 20.2 Å². The Hall–Kier alpha value is -2.71. The van der Waals surface area contributed by atoms with Crippen LogP contribution < -0.4 is 5.32 Å². The molecule has 1 saturated heterocycles. The van der Waals surface area contributed by atoms with E-state index in [9.17, 15) is 9.90 Å². The van der Waals surface area contributed by atoms with Crippen LogP contribution in [0.4, 0.5) is 5.82 Å². The topological polar surface area (TPSA) is 86.0 Å². The standard InChI is InChI=1S/C19H24N6O2/c1-23-9-11-24(12-10-23)7-2-5-21-17-14-3-6-20-13-16(14)25-8-4-15(19(26)27)18(25)22-17/h3-4,6,8,13H,2,5,7,9-12H2,1H3,(H,21,22)(H,26,27). The molecule has 142 valence electrons. The molecule has 0 atom stereocenters. The summed E-state index contributed by atoms with van der Waals surface area (Å²) in [5.41, 5.74) is 1.47. The van der Waals surface area contributed by atoms with E-state index < -0.39 is 5.97 Å². The predicted molar refractivity (Wildman–Crippen MR) is 104 cm³/mol. The highest BCUT2D eigenvalue weighted by molar-refractivity contribution is 5.98. The smallest absolute Gasteiger partial charge is 0.339 e. The Morgan fingerprint density at radius 2 is 2.07 bits per heavy atom. The van der Waals surface area contributed by atoms with Crippen molar-refractivity contribution in [3.05, 3.63) is 36.3 Å². The maximum absolute atomic E-state index is 11.5. The van der Waals surface area contributed by atoms with Crippen molar-refractivity contribution in [2.45, 2.75) is 6.42 Å². The number of hydrogen-bond acceptors (Lipinski definition) is 6. The van der Waals surface area contributed by atoms with Crippen molar-refractivity contribution in [2.75, 3.05) is 51.6 Å². The van der Waals surface area contributed by atoms with Gasteiger partial charge in [-0.05, 0) is 32.1 Å². The molecule has 8 nitrogen and oxygen atoms in total. The molecule has 0 bridgehead atoms. The molecular formula is C19H24N6O2. The zero-order valence-electron chi connectivity index (χ0n) is 15.4. The lowest BCUT2D eigenvalue weighted by Gasteiger charge is -2.32. The van der Waals surface area contributed by atoms with E-state index in [-0.39, 0.29) is 5.56 Å². The summed E-state index contributed by atoms with van der Waals surface area (Å²) < 4.78 is 1.78. The number of likely N-dealkylation sites (N-methyl/N-ethyl adjacent to an activating group) is 1. The number of hydrogen-bond donors (Lipinski definition) is 2. The van der Waals surface area contributed by atoms with Crippen LogP contribution in [0.15, 0.2) is 30.7 Å². The zero-order chi connectivity index (χ0) is 18.8. The van der Waals surface area contributed by atoms with Crippen LogP contribution in [0, 0.1) is 0 Å². The molecule has 4 heterocycles. The molecule has 0 aliphatic carbocycles. The van der Waals surface area contributed by atoms with E-state index >= 15 is 0 Å². The summed E-state index contributed by atoms with van der Waals surface area (Å²) in [4.78, 5) is 25.1. The average molecular weight is 368 g/mol. The Labute approximate surface area is 157 Å². The number of rotatable bonds is 6. The molecule has 3 aromatic rings. The molecule has 2 N–H and O–H groups in total. The lowest BCUT2D eigenvalue weighted by atomic mass is 10.2. The summed E-state index contributed by atoms with van der Waals surface area (Å²) in [5.74, 6) is -0.270. The van der Waals surface area contributed by atoms with Crippen molar-refractivity contribution < 1.29 is 9.90 Å². The quantitative estimate of drug-likeness (QED) is 0.640. The van der Waals surface area contributed by atoms with Gasteiger partial charge in [0.15, 0.2) is 5.65 Å². The van der Waals surface area contributed by atoms with Gasteiger partial charge in [-0.25, -0.2) is 9.78 Å². The van der Waals surface area contributed by atoms with Crippen LogP contribution in [0.3, 0.4) is 0 Å². The Kier molecular flexibility index (Phi) is 4.91. The van der Waals surface area contributed by atoms with Crippen LogP contribution in [-0.4, -0.2) is 81.6 Å². The predicted octanol–water partition coefficient (Wildman–Crippen LogP) is 1.63. The summed E-state index contributed by atoms with van der Waals surface area (Å²) in [6.45, 7) is 6.30. The number of anilines is 1. The summed E-state index contributed by atoms with van der Waals surface area (Å²) >= 11 is 0. The summed E-state index contributed by atoms with van der Waals surface area (Å²) in [6.07, 6.45) is 6.21. The van der Waals surface area contributed by atoms with Gasteiger partial charge >= 0.3 is 5.97 Å². The number of aromatic carboxylic acids is 1. The molecule has 1 fully saturated rings. The van der Waals surface area contributed by atoms with Crippen LogP contribution in [0.1, 0.15) is 16.8 Å². The minimum Gasteiger partial charge on any atom is -0.478 e. The third-order valence-electron chi connectivity index (χ3n) is 5.16. The van der Waals surface area contributed by atoms with Gasteiger partial charge in [0.05, 0.1) is 11.7 Å². The SMILES string of the molecule is CN1CCN(CCCNc2nc3c(C(=O)O)ccn3c3cnccc23)CC1. The fourth-order valence-electron chi connectivity index (χ4n) is 3.56. The van der Waals surface area contributed by atoms with Crippen molar-refractivity contribution in [1.82, 2.24) is 24.2 Å². The monoisotopic (exact) mass is 368 g/mol. The van der Waals surface area contributed by atoms with Crippen molar-refractivity contribution in [3.63, 3.8) is 0 Å². The number of nitrogens with one attached hydrogen (secondary N) is 1. The van der Waals surface area contributed by atoms with Crippen LogP contribution in [0.25, 0.3) is 16.6 Å². The number of aromatic nitrogens is 3. The Bertz CT molecular complexity index is 961. The molecule has 27 heavy (non-hydrogen) atoms. The molecule has 0 saturated carbocycles. The lowest BCUT2D eigenvalue weighted by molar-refractivity contribution is 0.0699. The van der Waals surface area contributed by atoms with Gasteiger partial charge in [0.25, 0.3) is 0 Å². The lowest BCUT2D eigenvalue weighted by Crippen LogP contribution is -2.44. The number of piperazine rings is 1. The largest absolute Gasteiger partial charge is 0.478 e. The minimum atomic E-state index is -0.978. The molecule has 0 amide bonds. The summed E-state index contributed by atoms with van der Waals surface area (Å²) in [6, 6.07) is 3.49. The van der Waals surface area contributed by atoms with E-state index in [0.29, 0.717) is 11.5 Å². The van der Waals surface area contributed by atoms with Gasteiger partial charge in [-0.2, -0.15) is 0 Å². The first-order chi connectivity index (χ1) is 13.1. The number of fused-ring (bicyclic) bond motifs is 3. The number of carboxylic acids is 1. The molecule has 8 heteroatoms. The molecule has 1 aliphatic heterocycles. The zero-order valence-corrected chi connectivity index (χ0v) is 15.4. The highest BCUT2D eigenvalue weighted by atomic mass is 16.4. The van der Waals surface area contributed by atoms with E-state index in [0.717, 1.165) is 56.6 Å². The third kappa shape index (κ3) is 3.58. The Morgan fingerprint density at radius 3 is 2.85 bits per heavy atom. The first-order valence-corrected chi connectivity index (χ1v) is 9.26. The number of nitrogens with zero attached hydrogens (tertiary/aromatic N) is 5. The van der Waals surface area contributed by atoms with Crippen LogP contribution in [0.5, 0.6) is 0 Å². The van der Waals surface area contributed by atoms with Crippen LogP contribution in [-0.2, 0) is 0 Å². The summed E-state index contributed by atoms with van der Waals surface area (Å²) in [7, 11) is 2.16. The second kappa shape index (κ2) is 7.50. The number of carbonyl (C=O) groups is 1. The Morgan fingerprint density at radius 1 is 1.26 bits per heavy atom. The first-order valence-electron chi connectivity index (χ1n) is 9.26. The van der Waals surface area contributed by atoms with Gasteiger partial charge in [0.2, 0.25) is 0 Å². The van der Waals surface area contributed by atoms with Gasteiger partial charge in [-0.1, -0.05) is 0 Å². The molecule has 1 aliphatic rings. The average Bonchev–Trinajstić information content (AvgIpc) is 3.11.